The second-order valence-corrected chi connectivity index (χ2v) is 5.00. The Morgan fingerprint density at radius 2 is 2.12 bits per heavy atom. The Kier molecular flexibility index (Phi) is 3.95. The van der Waals surface area contributed by atoms with Gasteiger partial charge in [0.1, 0.15) is 5.78 Å². The number of Topliss-reactive ketones (excluding diaryl/α,β-unsaturated/α-hetero) is 1. The number of hydrogen-bond donors (Lipinski definition) is 1. The number of rotatable bonds is 4. The summed E-state index contributed by atoms with van der Waals surface area (Å²) in [6.07, 6.45) is 3.69. The van der Waals surface area contributed by atoms with E-state index in [4.69, 9.17) is 0 Å². The van der Waals surface area contributed by atoms with Gasteiger partial charge in [-0.15, -0.1) is 0 Å². The normalized spacial score (nSPS) is 24.5. The molecule has 2 heteroatoms. The summed E-state index contributed by atoms with van der Waals surface area (Å²) in [6.45, 7) is 4.05. The summed E-state index contributed by atoms with van der Waals surface area (Å²) in [5, 5.41) is 3.37. The Bertz CT molecular complexity index is 366. The molecular weight excluding hydrogens is 210 g/mol. The van der Waals surface area contributed by atoms with Crippen molar-refractivity contribution in [3.05, 3.63) is 35.9 Å². The summed E-state index contributed by atoms with van der Waals surface area (Å²) >= 11 is 0. The maximum Gasteiger partial charge on any atom is 0.144 e. The van der Waals surface area contributed by atoms with E-state index < -0.39 is 0 Å². The van der Waals surface area contributed by atoms with Crippen LogP contribution >= 0.6 is 0 Å². The summed E-state index contributed by atoms with van der Waals surface area (Å²) in [6, 6.07) is 10.1. The number of ketones is 1. The molecule has 1 aromatic carbocycles. The van der Waals surface area contributed by atoms with E-state index in [2.05, 4.69) is 12.2 Å². The third kappa shape index (κ3) is 2.75. The van der Waals surface area contributed by atoms with E-state index in [9.17, 15) is 4.79 Å². The van der Waals surface area contributed by atoms with E-state index in [1.165, 1.54) is 0 Å². The van der Waals surface area contributed by atoms with Gasteiger partial charge >= 0.3 is 0 Å². The van der Waals surface area contributed by atoms with Crippen molar-refractivity contribution in [2.24, 2.45) is 5.41 Å². The first-order valence-corrected chi connectivity index (χ1v) is 6.55. The molecule has 92 valence electrons. The highest BCUT2D eigenvalue weighted by molar-refractivity contribution is 5.87. The van der Waals surface area contributed by atoms with Crippen LogP contribution in [0.3, 0.4) is 0 Å². The van der Waals surface area contributed by atoms with E-state index in [1.807, 2.05) is 30.3 Å². The summed E-state index contributed by atoms with van der Waals surface area (Å²) in [7, 11) is 0. The zero-order chi connectivity index (χ0) is 12.1. The van der Waals surface area contributed by atoms with Gasteiger partial charge in [-0.25, -0.2) is 0 Å². The lowest BCUT2D eigenvalue weighted by Crippen LogP contribution is -2.45. The molecule has 1 saturated heterocycles. The molecule has 0 radical (unpaired) electrons. The fraction of sp³-hybridized carbons (Fsp3) is 0.533. The van der Waals surface area contributed by atoms with Gasteiger partial charge in [-0.3, -0.25) is 4.79 Å². The van der Waals surface area contributed by atoms with Gasteiger partial charge in [0.15, 0.2) is 0 Å². The number of carbonyl (C=O) groups is 1. The molecule has 1 atom stereocenters. The van der Waals surface area contributed by atoms with Crippen molar-refractivity contribution in [3.63, 3.8) is 0 Å². The fourth-order valence-corrected chi connectivity index (χ4v) is 2.67. The second kappa shape index (κ2) is 5.46. The Balaban J connectivity index is 2.07. The van der Waals surface area contributed by atoms with E-state index >= 15 is 0 Å². The molecule has 1 fully saturated rings. The topological polar surface area (TPSA) is 29.1 Å². The van der Waals surface area contributed by atoms with Gasteiger partial charge in [-0.1, -0.05) is 37.3 Å². The molecule has 0 spiro atoms. The van der Waals surface area contributed by atoms with Crippen molar-refractivity contribution in [2.45, 2.75) is 32.6 Å². The number of nitrogens with one attached hydrogen (secondary N) is 1. The molecule has 0 bridgehead atoms. The summed E-state index contributed by atoms with van der Waals surface area (Å²) < 4.78 is 0. The number of carbonyl (C=O) groups excluding carboxylic acids is 1. The standard InChI is InChI=1S/C15H21NO/c1-2-15(9-6-10-16-12-15)14(17)11-13-7-4-3-5-8-13/h3-5,7-8,16H,2,6,9-12H2,1H3. The molecular formula is C15H21NO. The summed E-state index contributed by atoms with van der Waals surface area (Å²) in [5.41, 5.74) is 1.02. The van der Waals surface area contributed by atoms with Crippen LogP contribution in [0.5, 0.6) is 0 Å². The highest BCUT2D eigenvalue weighted by Crippen LogP contribution is 2.32. The minimum atomic E-state index is -0.117. The Hall–Kier alpha value is -1.15. The van der Waals surface area contributed by atoms with Gasteiger partial charge in [-0.2, -0.15) is 0 Å². The van der Waals surface area contributed by atoms with Crippen LogP contribution < -0.4 is 5.32 Å². The van der Waals surface area contributed by atoms with Crippen molar-refractivity contribution in [2.75, 3.05) is 13.1 Å². The summed E-state index contributed by atoms with van der Waals surface area (Å²) in [5.74, 6) is 0.401. The lowest BCUT2D eigenvalue weighted by molar-refractivity contribution is -0.129. The Morgan fingerprint density at radius 1 is 1.35 bits per heavy atom. The average molecular weight is 231 g/mol. The molecule has 1 aliphatic heterocycles. The van der Waals surface area contributed by atoms with E-state index in [0.29, 0.717) is 12.2 Å². The molecule has 17 heavy (non-hydrogen) atoms. The number of piperidine rings is 1. The first-order valence-electron chi connectivity index (χ1n) is 6.55. The zero-order valence-electron chi connectivity index (χ0n) is 10.5. The molecule has 1 unspecified atom stereocenters. The molecule has 0 amide bonds. The lowest BCUT2D eigenvalue weighted by atomic mass is 9.73. The molecule has 1 aliphatic rings. The molecule has 1 heterocycles. The number of benzene rings is 1. The van der Waals surface area contributed by atoms with Crippen LogP contribution in [0.2, 0.25) is 0 Å². The van der Waals surface area contributed by atoms with Crippen LogP contribution in [0.1, 0.15) is 31.7 Å². The van der Waals surface area contributed by atoms with Gasteiger partial charge in [-0.05, 0) is 31.4 Å². The minimum absolute atomic E-state index is 0.117. The molecule has 2 nitrogen and oxygen atoms in total. The van der Waals surface area contributed by atoms with Crippen LogP contribution in [0.4, 0.5) is 0 Å². The van der Waals surface area contributed by atoms with Gasteiger partial charge in [0.25, 0.3) is 0 Å². The highest BCUT2D eigenvalue weighted by atomic mass is 16.1. The largest absolute Gasteiger partial charge is 0.316 e. The van der Waals surface area contributed by atoms with Crippen molar-refractivity contribution < 1.29 is 4.79 Å². The van der Waals surface area contributed by atoms with Crippen LogP contribution in [0, 0.1) is 5.41 Å². The first kappa shape index (κ1) is 12.3. The van der Waals surface area contributed by atoms with E-state index in [1.54, 1.807) is 0 Å². The molecule has 0 aromatic heterocycles. The monoisotopic (exact) mass is 231 g/mol. The predicted octanol–water partition coefficient (Wildman–Crippen LogP) is 2.58. The first-order chi connectivity index (χ1) is 8.27. The molecule has 0 saturated carbocycles. The van der Waals surface area contributed by atoms with Crippen LogP contribution in [0.15, 0.2) is 30.3 Å². The zero-order valence-corrected chi connectivity index (χ0v) is 10.5. The Labute approximate surface area is 103 Å². The average Bonchev–Trinajstić information content (AvgIpc) is 2.40. The molecule has 1 aromatic rings. The predicted molar refractivity (Wildman–Crippen MR) is 70.0 cm³/mol. The molecule has 1 N–H and O–H groups in total. The quantitative estimate of drug-likeness (QED) is 0.863. The van der Waals surface area contributed by atoms with Gasteiger partial charge < -0.3 is 5.32 Å². The lowest BCUT2D eigenvalue weighted by Gasteiger charge is -2.35. The van der Waals surface area contributed by atoms with Gasteiger partial charge in [0.2, 0.25) is 0 Å². The van der Waals surface area contributed by atoms with Crippen molar-refractivity contribution in [1.82, 2.24) is 5.32 Å². The maximum absolute atomic E-state index is 12.5. The maximum atomic E-state index is 12.5. The Morgan fingerprint density at radius 3 is 2.71 bits per heavy atom. The van der Waals surface area contributed by atoms with Gasteiger partial charge in [0.05, 0.1) is 0 Å². The van der Waals surface area contributed by atoms with Crippen molar-refractivity contribution in [3.8, 4) is 0 Å². The smallest absolute Gasteiger partial charge is 0.144 e. The van der Waals surface area contributed by atoms with Crippen molar-refractivity contribution >= 4 is 5.78 Å². The van der Waals surface area contributed by atoms with Crippen LogP contribution in [-0.2, 0) is 11.2 Å². The third-order valence-electron chi connectivity index (χ3n) is 3.95. The molecule has 2 rings (SSSR count). The molecule has 0 aliphatic carbocycles. The summed E-state index contributed by atoms with van der Waals surface area (Å²) in [4.78, 5) is 12.5. The van der Waals surface area contributed by atoms with Crippen molar-refractivity contribution in [1.29, 1.82) is 0 Å². The van der Waals surface area contributed by atoms with Crippen LogP contribution in [-0.4, -0.2) is 18.9 Å². The van der Waals surface area contributed by atoms with E-state index in [0.717, 1.165) is 37.9 Å². The van der Waals surface area contributed by atoms with Gasteiger partial charge in [0, 0.05) is 18.4 Å². The fourth-order valence-electron chi connectivity index (χ4n) is 2.67. The SMILES string of the molecule is CCC1(C(=O)Cc2ccccc2)CCCNC1. The third-order valence-corrected chi connectivity index (χ3v) is 3.95. The van der Waals surface area contributed by atoms with Crippen LogP contribution in [0.25, 0.3) is 0 Å². The van der Waals surface area contributed by atoms with E-state index in [-0.39, 0.29) is 5.41 Å². The highest BCUT2D eigenvalue weighted by Gasteiger charge is 2.36. The minimum Gasteiger partial charge on any atom is -0.316 e. The number of hydrogen-bond acceptors (Lipinski definition) is 2. The second-order valence-electron chi connectivity index (χ2n) is 5.00.